The zero-order valence-corrected chi connectivity index (χ0v) is 16.1. The second kappa shape index (κ2) is 8.62. The maximum atomic E-state index is 5.42. The average Bonchev–Trinajstić information content (AvgIpc) is 3.24. The molecule has 0 aliphatic heterocycles. The van der Waals surface area contributed by atoms with Gasteiger partial charge in [-0.05, 0) is 20.8 Å². The molecule has 2 aromatic heterocycles. The molecule has 6 nitrogen and oxygen atoms in total. The SMILES string of the molecule is CCNC(=NCc1cc(-c2ccccc2)on1)NCc1sc(C)nc1C. The molecule has 26 heavy (non-hydrogen) atoms. The van der Waals surface area contributed by atoms with Crippen molar-refractivity contribution in [3.8, 4) is 11.3 Å². The molecule has 2 heterocycles. The number of rotatable bonds is 6. The van der Waals surface area contributed by atoms with E-state index in [2.05, 4.69) is 25.8 Å². The molecule has 1 aromatic carbocycles. The van der Waals surface area contributed by atoms with Gasteiger partial charge in [-0.3, -0.25) is 0 Å². The van der Waals surface area contributed by atoms with Gasteiger partial charge in [0, 0.05) is 23.1 Å². The Kier molecular flexibility index (Phi) is 6.01. The van der Waals surface area contributed by atoms with E-state index in [1.807, 2.05) is 57.2 Å². The number of thiazole rings is 1. The second-order valence-electron chi connectivity index (χ2n) is 5.84. The Bertz CT molecular complexity index is 869. The van der Waals surface area contributed by atoms with Crippen LogP contribution in [0.15, 0.2) is 45.9 Å². The lowest BCUT2D eigenvalue weighted by atomic mass is 10.2. The number of aromatic nitrogens is 2. The van der Waals surface area contributed by atoms with Crippen LogP contribution in [0, 0.1) is 13.8 Å². The van der Waals surface area contributed by atoms with Crippen LogP contribution in [0.2, 0.25) is 0 Å². The van der Waals surface area contributed by atoms with E-state index in [4.69, 9.17) is 4.52 Å². The van der Waals surface area contributed by atoms with Crippen LogP contribution in [-0.2, 0) is 13.1 Å². The van der Waals surface area contributed by atoms with Crippen molar-refractivity contribution in [1.29, 1.82) is 0 Å². The number of aryl methyl sites for hydroxylation is 2. The molecule has 0 atom stereocenters. The maximum absolute atomic E-state index is 5.42. The fraction of sp³-hybridized carbons (Fsp3) is 0.316. The Hall–Kier alpha value is -2.67. The lowest BCUT2D eigenvalue weighted by Gasteiger charge is -2.10. The van der Waals surface area contributed by atoms with Gasteiger partial charge in [0.15, 0.2) is 11.7 Å². The van der Waals surface area contributed by atoms with E-state index < -0.39 is 0 Å². The lowest BCUT2D eigenvalue weighted by Crippen LogP contribution is -2.36. The van der Waals surface area contributed by atoms with E-state index in [1.54, 1.807) is 11.3 Å². The predicted octanol–water partition coefficient (Wildman–Crippen LogP) is 3.67. The first-order valence-electron chi connectivity index (χ1n) is 8.61. The van der Waals surface area contributed by atoms with Gasteiger partial charge in [-0.25, -0.2) is 9.98 Å². The first-order chi connectivity index (χ1) is 12.7. The third kappa shape index (κ3) is 4.70. The molecule has 136 valence electrons. The Morgan fingerprint density at radius 1 is 1.19 bits per heavy atom. The summed E-state index contributed by atoms with van der Waals surface area (Å²) in [6.45, 7) is 8.05. The summed E-state index contributed by atoms with van der Waals surface area (Å²) in [5.74, 6) is 1.51. The van der Waals surface area contributed by atoms with Crippen molar-refractivity contribution in [2.75, 3.05) is 6.54 Å². The van der Waals surface area contributed by atoms with Crippen molar-refractivity contribution in [2.24, 2.45) is 4.99 Å². The molecule has 0 unspecified atom stereocenters. The number of hydrogen-bond donors (Lipinski definition) is 2. The minimum Gasteiger partial charge on any atom is -0.357 e. The van der Waals surface area contributed by atoms with Gasteiger partial charge in [0.1, 0.15) is 5.69 Å². The summed E-state index contributed by atoms with van der Waals surface area (Å²) in [5.41, 5.74) is 2.88. The summed E-state index contributed by atoms with van der Waals surface area (Å²) in [5, 5.41) is 11.8. The summed E-state index contributed by atoms with van der Waals surface area (Å²) in [6, 6.07) is 11.9. The third-order valence-electron chi connectivity index (χ3n) is 3.78. The maximum Gasteiger partial charge on any atom is 0.191 e. The van der Waals surface area contributed by atoms with Gasteiger partial charge in [0.05, 0.1) is 23.8 Å². The Labute approximate surface area is 157 Å². The topological polar surface area (TPSA) is 75.3 Å². The van der Waals surface area contributed by atoms with Crippen molar-refractivity contribution in [2.45, 2.75) is 33.9 Å². The Balaban J connectivity index is 1.64. The highest BCUT2D eigenvalue weighted by atomic mass is 32.1. The van der Waals surface area contributed by atoms with Crippen LogP contribution in [0.3, 0.4) is 0 Å². The highest BCUT2D eigenvalue weighted by Crippen LogP contribution is 2.20. The first kappa shape index (κ1) is 18.1. The van der Waals surface area contributed by atoms with E-state index in [1.165, 1.54) is 4.88 Å². The van der Waals surface area contributed by atoms with Gasteiger partial charge in [0.25, 0.3) is 0 Å². The molecular weight excluding hydrogens is 346 g/mol. The molecule has 3 rings (SSSR count). The molecule has 3 aromatic rings. The van der Waals surface area contributed by atoms with Crippen molar-refractivity contribution in [1.82, 2.24) is 20.8 Å². The van der Waals surface area contributed by atoms with Gasteiger partial charge < -0.3 is 15.2 Å². The van der Waals surface area contributed by atoms with Crippen LogP contribution in [0.1, 0.15) is 28.2 Å². The smallest absolute Gasteiger partial charge is 0.191 e. The third-order valence-corrected chi connectivity index (χ3v) is 4.85. The fourth-order valence-electron chi connectivity index (χ4n) is 2.53. The van der Waals surface area contributed by atoms with E-state index >= 15 is 0 Å². The van der Waals surface area contributed by atoms with Crippen LogP contribution < -0.4 is 10.6 Å². The van der Waals surface area contributed by atoms with Crippen LogP contribution in [-0.4, -0.2) is 22.6 Å². The van der Waals surface area contributed by atoms with Crippen molar-refractivity contribution >= 4 is 17.3 Å². The van der Waals surface area contributed by atoms with Crippen LogP contribution in [0.5, 0.6) is 0 Å². The molecular formula is C19H23N5OS. The standard InChI is InChI=1S/C19H23N5OS/c1-4-20-19(22-12-18-13(2)23-14(3)26-18)21-11-16-10-17(25-24-16)15-8-6-5-7-9-15/h5-10H,4,11-12H2,1-3H3,(H2,20,21,22). The van der Waals surface area contributed by atoms with Gasteiger partial charge >= 0.3 is 0 Å². The molecule has 0 saturated carbocycles. The number of hydrogen-bond acceptors (Lipinski definition) is 5. The summed E-state index contributed by atoms with van der Waals surface area (Å²) in [7, 11) is 0. The van der Waals surface area contributed by atoms with E-state index in [9.17, 15) is 0 Å². The van der Waals surface area contributed by atoms with Crippen molar-refractivity contribution < 1.29 is 4.52 Å². The number of nitrogens with one attached hydrogen (secondary N) is 2. The molecule has 0 fully saturated rings. The van der Waals surface area contributed by atoms with Gasteiger partial charge in [-0.2, -0.15) is 0 Å². The fourth-order valence-corrected chi connectivity index (χ4v) is 3.40. The van der Waals surface area contributed by atoms with E-state index in [-0.39, 0.29) is 0 Å². The highest BCUT2D eigenvalue weighted by Gasteiger charge is 2.08. The van der Waals surface area contributed by atoms with E-state index in [0.29, 0.717) is 13.1 Å². The number of benzene rings is 1. The molecule has 0 aliphatic carbocycles. The highest BCUT2D eigenvalue weighted by molar-refractivity contribution is 7.11. The summed E-state index contributed by atoms with van der Waals surface area (Å²) in [4.78, 5) is 10.3. The average molecular weight is 369 g/mol. The van der Waals surface area contributed by atoms with Crippen molar-refractivity contribution in [3.63, 3.8) is 0 Å². The zero-order chi connectivity index (χ0) is 18.4. The van der Waals surface area contributed by atoms with E-state index in [0.717, 1.165) is 40.2 Å². The number of guanidine groups is 1. The number of aliphatic imine (C=N–C) groups is 1. The Morgan fingerprint density at radius 3 is 2.69 bits per heavy atom. The molecule has 2 N–H and O–H groups in total. The largest absolute Gasteiger partial charge is 0.357 e. The predicted molar refractivity (Wildman–Crippen MR) is 105 cm³/mol. The summed E-state index contributed by atoms with van der Waals surface area (Å²) >= 11 is 1.71. The summed E-state index contributed by atoms with van der Waals surface area (Å²) < 4.78 is 5.42. The second-order valence-corrected chi connectivity index (χ2v) is 7.13. The first-order valence-corrected chi connectivity index (χ1v) is 9.43. The molecule has 0 spiro atoms. The Morgan fingerprint density at radius 2 is 2.00 bits per heavy atom. The van der Waals surface area contributed by atoms with Crippen molar-refractivity contribution in [3.05, 3.63) is 57.7 Å². The van der Waals surface area contributed by atoms with Crippen LogP contribution >= 0.6 is 11.3 Å². The van der Waals surface area contributed by atoms with Gasteiger partial charge in [-0.1, -0.05) is 35.5 Å². The molecule has 0 aliphatic rings. The monoisotopic (exact) mass is 369 g/mol. The molecule has 0 radical (unpaired) electrons. The molecule has 7 heteroatoms. The molecule has 0 bridgehead atoms. The molecule has 0 amide bonds. The molecule has 0 saturated heterocycles. The van der Waals surface area contributed by atoms with Gasteiger partial charge in [0.2, 0.25) is 0 Å². The lowest BCUT2D eigenvalue weighted by molar-refractivity contribution is 0.424. The number of nitrogens with zero attached hydrogens (tertiary/aromatic N) is 3. The minimum absolute atomic E-state index is 0.451. The van der Waals surface area contributed by atoms with Crippen LogP contribution in [0.25, 0.3) is 11.3 Å². The summed E-state index contributed by atoms with van der Waals surface area (Å²) in [6.07, 6.45) is 0. The van der Waals surface area contributed by atoms with Crippen LogP contribution in [0.4, 0.5) is 0 Å². The van der Waals surface area contributed by atoms with Gasteiger partial charge in [-0.15, -0.1) is 11.3 Å². The minimum atomic E-state index is 0.451. The quantitative estimate of drug-likeness (QED) is 0.512. The normalized spacial score (nSPS) is 11.6. The zero-order valence-electron chi connectivity index (χ0n) is 15.2.